The predicted molar refractivity (Wildman–Crippen MR) is 144 cm³/mol. The van der Waals surface area contributed by atoms with E-state index in [9.17, 15) is 18.5 Å². The van der Waals surface area contributed by atoms with Crippen molar-refractivity contribution in [1.29, 1.82) is 5.26 Å². The van der Waals surface area contributed by atoms with Gasteiger partial charge in [-0.3, -0.25) is 9.36 Å². The third kappa shape index (κ3) is 3.95. The summed E-state index contributed by atoms with van der Waals surface area (Å²) in [6, 6.07) is 9.73. The lowest BCUT2D eigenvalue weighted by atomic mass is 9.60. The fourth-order valence-corrected chi connectivity index (χ4v) is 8.09. The average Bonchev–Trinajstić information content (AvgIpc) is 3.48. The predicted octanol–water partition coefficient (Wildman–Crippen LogP) is 2.68. The number of nitrogens with one attached hydrogen (secondary N) is 1. The number of hydrogen-bond donors (Lipinski definition) is 2. The van der Waals surface area contributed by atoms with Crippen molar-refractivity contribution in [3.63, 3.8) is 0 Å². The fourth-order valence-electron chi connectivity index (χ4n) is 7.29. The Balaban J connectivity index is 1.20. The van der Waals surface area contributed by atoms with Crippen molar-refractivity contribution in [3.8, 4) is 17.6 Å². The molecule has 3 N–H and O–H groups in total. The van der Waals surface area contributed by atoms with Crippen LogP contribution in [0.1, 0.15) is 49.3 Å². The van der Waals surface area contributed by atoms with Gasteiger partial charge in [-0.2, -0.15) is 18.0 Å². The number of nitrogens with zero attached hydrogens (tertiary/aromatic N) is 4. The molecule has 2 unspecified atom stereocenters. The standard InChI is InChI=1S/C28H29FN6O4S/c29-23-3-2-22(28-10-17(28)14-34(15-28)40(31,37)38)21(13-30)25(23)39-19-1-4-24-20(9-19)26(36)35(16-33-24)18-11-27(12-18)5-7-32-8-6-27/h1-4,9,16-18,32H,5-8,10-12,14-15H2,(H2,31,37,38). The minimum absolute atomic E-state index is 0.00281. The number of fused-ring (bicyclic) bond motifs is 2. The lowest BCUT2D eigenvalue weighted by Crippen LogP contribution is -2.47. The number of nitriles is 1. The van der Waals surface area contributed by atoms with Crippen LogP contribution in [0.5, 0.6) is 11.5 Å². The van der Waals surface area contributed by atoms with E-state index < -0.39 is 21.4 Å². The van der Waals surface area contributed by atoms with Crippen molar-refractivity contribution >= 4 is 21.1 Å². The molecular formula is C28H29FN6O4S. The van der Waals surface area contributed by atoms with Gasteiger partial charge in [0, 0.05) is 24.5 Å². The van der Waals surface area contributed by atoms with Gasteiger partial charge >= 0.3 is 0 Å². The van der Waals surface area contributed by atoms with Gasteiger partial charge < -0.3 is 10.1 Å². The zero-order chi connectivity index (χ0) is 27.9. The minimum Gasteiger partial charge on any atom is -0.453 e. The number of piperidine rings is 2. The summed E-state index contributed by atoms with van der Waals surface area (Å²) >= 11 is 0. The largest absolute Gasteiger partial charge is 0.453 e. The second kappa shape index (κ2) is 8.81. The molecule has 3 heterocycles. The second-order valence-electron chi connectivity index (χ2n) is 11.9. The molecule has 12 heteroatoms. The van der Waals surface area contributed by atoms with Gasteiger partial charge in [-0.15, -0.1) is 0 Å². The Morgan fingerprint density at radius 3 is 2.65 bits per heavy atom. The lowest BCUT2D eigenvalue weighted by Gasteiger charge is -2.50. The van der Waals surface area contributed by atoms with Crippen LogP contribution in [0.4, 0.5) is 4.39 Å². The fraction of sp³-hybridized carbons (Fsp3) is 0.464. The van der Waals surface area contributed by atoms with Gasteiger partial charge in [0.05, 0.1) is 17.2 Å². The molecule has 0 bridgehead atoms. The summed E-state index contributed by atoms with van der Waals surface area (Å²) in [5.41, 5.74) is 0.601. The highest BCUT2D eigenvalue weighted by Gasteiger charge is 2.63. The number of ether oxygens (including phenoxy) is 1. The van der Waals surface area contributed by atoms with E-state index in [1.54, 1.807) is 29.1 Å². The number of nitrogens with two attached hydrogens (primary N) is 1. The van der Waals surface area contributed by atoms with Crippen molar-refractivity contribution in [3.05, 3.63) is 64.0 Å². The Morgan fingerprint density at radius 1 is 1.18 bits per heavy atom. The van der Waals surface area contributed by atoms with E-state index in [1.165, 1.54) is 16.4 Å². The highest BCUT2D eigenvalue weighted by Crippen LogP contribution is 2.61. The van der Waals surface area contributed by atoms with Crippen molar-refractivity contribution < 1.29 is 17.5 Å². The first-order valence-corrected chi connectivity index (χ1v) is 15.0. The van der Waals surface area contributed by atoms with Gasteiger partial charge in [0.1, 0.15) is 17.4 Å². The zero-order valence-electron chi connectivity index (χ0n) is 21.8. The first-order valence-electron chi connectivity index (χ1n) is 13.5. The number of hydrogen-bond acceptors (Lipinski definition) is 7. The van der Waals surface area contributed by atoms with Crippen LogP contribution in [0.3, 0.4) is 0 Å². The monoisotopic (exact) mass is 564 g/mol. The highest BCUT2D eigenvalue weighted by molar-refractivity contribution is 7.86. The minimum atomic E-state index is -3.87. The summed E-state index contributed by atoms with van der Waals surface area (Å²) in [4.78, 5) is 18.0. The summed E-state index contributed by atoms with van der Waals surface area (Å²) in [7, 11) is -3.87. The molecular weight excluding hydrogens is 535 g/mol. The molecule has 2 aromatic carbocycles. The Kier molecular flexibility index (Phi) is 5.64. The summed E-state index contributed by atoms with van der Waals surface area (Å²) in [6.07, 6.45) is 6.42. The first-order chi connectivity index (χ1) is 19.1. The van der Waals surface area contributed by atoms with Gasteiger partial charge in [0.2, 0.25) is 0 Å². The maximum absolute atomic E-state index is 15.1. The molecule has 4 fully saturated rings. The molecule has 2 atom stereocenters. The molecule has 10 nitrogen and oxygen atoms in total. The van der Waals surface area contributed by atoms with E-state index in [-0.39, 0.29) is 47.7 Å². The molecule has 208 valence electrons. The topological polar surface area (TPSA) is 143 Å². The smallest absolute Gasteiger partial charge is 0.276 e. The van der Waals surface area contributed by atoms with E-state index in [4.69, 9.17) is 9.88 Å². The van der Waals surface area contributed by atoms with Gasteiger partial charge in [-0.25, -0.2) is 14.5 Å². The molecule has 3 aromatic rings. The average molecular weight is 565 g/mol. The van der Waals surface area contributed by atoms with Crippen molar-refractivity contribution in [2.75, 3.05) is 26.2 Å². The maximum atomic E-state index is 15.1. The molecule has 1 aromatic heterocycles. The van der Waals surface area contributed by atoms with Crippen LogP contribution in [-0.2, 0) is 15.6 Å². The van der Waals surface area contributed by atoms with Crippen LogP contribution >= 0.6 is 0 Å². The third-order valence-electron chi connectivity index (χ3n) is 9.60. The normalized spacial score (nSPS) is 25.9. The number of aromatic nitrogens is 2. The van der Waals surface area contributed by atoms with Crippen molar-refractivity contribution in [2.45, 2.75) is 43.6 Å². The summed E-state index contributed by atoms with van der Waals surface area (Å²) in [6.45, 7) is 2.41. The van der Waals surface area contributed by atoms with Crippen LogP contribution in [0.25, 0.3) is 10.9 Å². The molecule has 2 saturated heterocycles. The first kappa shape index (κ1) is 25.6. The molecule has 1 spiro atoms. The summed E-state index contributed by atoms with van der Waals surface area (Å²) in [5, 5.41) is 19.1. The van der Waals surface area contributed by atoms with Crippen LogP contribution in [-0.4, -0.2) is 48.5 Å². The summed E-state index contributed by atoms with van der Waals surface area (Å²) in [5.74, 6) is -0.760. The molecule has 2 aliphatic heterocycles. The quantitative estimate of drug-likeness (QED) is 0.485. The molecule has 0 radical (unpaired) electrons. The highest BCUT2D eigenvalue weighted by atomic mass is 32.2. The molecule has 7 rings (SSSR count). The molecule has 40 heavy (non-hydrogen) atoms. The van der Waals surface area contributed by atoms with E-state index in [1.807, 2.05) is 0 Å². The van der Waals surface area contributed by atoms with Gasteiger partial charge in [0.15, 0.2) is 11.6 Å². The van der Waals surface area contributed by atoms with E-state index in [0.717, 1.165) is 38.8 Å². The van der Waals surface area contributed by atoms with Gasteiger partial charge in [-0.05, 0) is 86.4 Å². The Hall–Kier alpha value is -3.37. The van der Waals surface area contributed by atoms with Crippen LogP contribution in [0, 0.1) is 28.5 Å². The van der Waals surface area contributed by atoms with Gasteiger partial charge in [-0.1, -0.05) is 6.07 Å². The number of halogens is 1. The Bertz CT molecular complexity index is 1750. The molecule has 2 aliphatic carbocycles. The molecule has 0 amide bonds. The Labute approximate surface area is 230 Å². The van der Waals surface area contributed by atoms with Crippen molar-refractivity contribution in [1.82, 2.24) is 19.2 Å². The molecule has 2 saturated carbocycles. The SMILES string of the molecule is N#Cc1c(C23CC2CN(S(N)(=O)=O)C3)ccc(F)c1Oc1ccc2ncn(C3CC4(CCNCC4)C3)c(=O)c2c1. The Morgan fingerprint density at radius 2 is 1.95 bits per heavy atom. The summed E-state index contributed by atoms with van der Waals surface area (Å²) < 4.78 is 47.8. The maximum Gasteiger partial charge on any atom is 0.276 e. The number of rotatable bonds is 5. The lowest BCUT2D eigenvalue weighted by molar-refractivity contribution is 0.0270. The number of benzene rings is 2. The van der Waals surface area contributed by atoms with E-state index in [0.29, 0.717) is 28.3 Å². The molecule has 4 aliphatic rings. The van der Waals surface area contributed by atoms with E-state index in [2.05, 4.69) is 16.4 Å². The van der Waals surface area contributed by atoms with Crippen LogP contribution in [0.2, 0.25) is 0 Å². The van der Waals surface area contributed by atoms with E-state index >= 15 is 4.39 Å². The zero-order valence-corrected chi connectivity index (χ0v) is 22.6. The van der Waals surface area contributed by atoms with Crippen molar-refractivity contribution in [2.24, 2.45) is 16.5 Å². The van der Waals surface area contributed by atoms with Crippen LogP contribution in [0.15, 0.2) is 41.5 Å². The third-order valence-corrected chi connectivity index (χ3v) is 10.6. The van der Waals surface area contributed by atoms with Crippen LogP contribution < -0.4 is 20.8 Å². The second-order valence-corrected chi connectivity index (χ2v) is 13.4. The van der Waals surface area contributed by atoms with Gasteiger partial charge in [0.25, 0.3) is 15.8 Å².